The fourth-order valence-electron chi connectivity index (χ4n) is 3.65. The number of fused-ring (bicyclic) bond motifs is 3. The van der Waals surface area contributed by atoms with E-state index in [1.54, 1.807) is 18.2 Å². The van der Waals surface area contributed by atoms with Gasteiger partial charge < -0.3 is 10.1 Å². The van der Waals surface area contributed by atoms with Gasteiger partial charge in [-0.05, 0) is 40.5 Å². The van der Waals surface area contributed by atoms with E-state index < -0.39 is 6.09 Å². The topological polar surface area (TPSA) is 55.4 Å². The molecule has 0 spiro atoms. The molecule has 0 saturated carbocycles. The van der Waals surface area contributed by atoms with E-state index >= 15 is 0 Å². The number of benzene rings is 3. The Hall–Kier alpha value is -3.55. The molecule has 30 heavy (non-hydrogen) atoms. The van der Waals surface area contributed by atoms with E-state index in [4.69, 9.17) is 16.3 Å². The maximum absolute atomic E-state index is 12.1. The third kappa shape index (κ3) is 4.07. The Morgan fingerprint density at radius 1 is 1.03 bits per heavy atom. The first-order chi connectivity index (χ1) is 14.7. The minimum absolute atomic E-state index is 0.0125. The van der Waals surface area contributed by atoms with Crippen LogP contribution in [0.2, 0.25) is 5.02 Å². The minimum Gasteiger partial charge on any atom is -0.449 e. The number of alkyl carbamates (subject to hydrolysis) is 1. The Labute approximate surface area is 179 Å². The van der Waals surface area contributed by atoms with Gasteiger partial charge in [0.15, 0.2) is 6.29 Å². The van der Waals surface area contributed by atoms with Crippen molar-refractivity contribution in [3.8, 4) is 23.0 Å². The lowest BCUT2D eigenvalue weighted by Gasteiger charge is -2.14. The summed E-state index contributed by atoms with van der Waals surface area (Å²) < 4.78 is 5.46. The zero-order valence-electron chi connectivity index (χ0n) is 16.0. The van der Waals surface area contributed by atoms with Crippen molar-refractivity contribution >= 4 is 24.0 Å². The van der Waals surface area contributed by atoms with Gasteiger partial charge in [-0.1, -0.05) is 72.0 Å². The molecule has 4 nitrogen and oxygen atoms in total. The number of hydrogen-bond donors (Lipinski definition) is 1. The molecule has 0 radical (unpaired) electrons. The van der Waals surface area contributed by atoms with Crippen molar-refractivity contribution in [2.75, 3.05) is 13.2 Å². The van der Waals surface area contributed by atoms with Crippen molar-refractivity contribution in [3.63, 3.8) is 0 Å². The number of rotatable bonds is 4. The van der Waals surface area contributed by atoms with Gasteiger partial charge in [-0.15, -0.1) is 0 Å². The first-order valence-corrected chi connectivity index (χ1v) is 9.87. The van der Waals surface area contributed by atoms with E-state index in [1.807, 2.05) is 24.3 Å². The van der Waals surface area contributed by atoms with Crippen molar-refractivity contribution < 1.29 is 14.3 Å². The molecule has 3 aromatic carbocycles. The van der Waals surface area contributed by atoms with Crippen LogP contribution in [0.25, 0.3) is 11.1 Å². The number of nitrogens with one attached hydrogen (secondary N) is 1. The molecule has 0 saturated heterocycles. The standard InChI is InChI=1S/C25H18ClNO3/c26-19-12-11-17(18(14-19)15-28)6-5-13-27-25(29)30-16-24-22-9-3-1-7-20(22)21-8-2-4-10-23(21)24/h1-4,7-12,14-15,24H,13,16H2,(H,27,29). The summed E-state index contributed by atoms with van der Waals surface area (Å²) in [6, 6.07) is 21.2. The average molecular weight is 416 g/mol. The molecule has 0 bridgehead atoms. The van der Waals surface area contributed by atoms with E-state index in [-0.39, 0.29) is 19.1 Å². The average Bonchev–Trinajstić information content (AvgIpc) is 3.10. The molecule has 3 aromatic rings. The van der Waals surface area contributed by atoms with Crippen molar-refractivity contribution in [1.82, 2.24) is 5.32 Å². The van der Waals surface area contributed by atoms with Crippen LogP contribution in [0.4, 0.5) is 4.79 Å². The van der Waals surface area contributed by atoms with Gasteiger partial charge in [0.25, 0.3) is 0 Å². The maximum Gasteiger partial charge on any atom is 0.407 e. The van der Waals surface area contributed by atoms with Gasteiger partial charge in [0.05, 0.1) is 6.54 Å². The Kier molecular flexibility index (Phi) is 5.83. The molecule has 1 aliphatic carbocycles. The highest BCUT2D eigenvalue weighted by atomic mass is 35.5. The number of hydrogen-bond acceptors (Lipinski definition) is 3. The molecule has 1 aliphatic rings. The monoisotopic (exact) mass is 415 g/mol. The molecular formula is C25H18ClNO3. The lowest BCUT2D eigenvalue weighted by Crippen LogP contribution is -2.26. The molecule has 0 unspecified atom stereocenters. The van der Waals surface area contributed by atoms with Crippen molar-refractivity contribution in [1.29, 1.82) is 0 Å². The summed E-state index contributed by atoms with van der Waals surface area (Å²) in [7, 11) is 0. The first-order valence-electron chi connectivity index (χ1n) is 9.50. The summed E-state index contributed by atoms with van der Waals surface area (Å²) in [4.78, 5) is 23.2. The van der Waals surface area contributed by atoms with Crippen LogP contribution in [0.5, 0.6) is 0 Å². The lowest BCUT2D eigenvalue weighted by atomic mass is 9.98. The molecule has 0 fully saturated rings. The lowest BCUT2D eigenvalue weighted by molar-refractivity contribution is 0.112. The number of ether oxygens (including phenoxy) is 1. The summed E-state index contributed by atoms with van der Waals surface area (Å²) in [6.45, 7) is 0.358. The highest BCUT2D eigenvalue weighted by molar-refractivity contribution is 6.30. The SMILES string of the molecule is O=Cc1cc(Cl)ccc1C#CCNC(=O)OCC1c2ccccc2-c2ccccc21. The summed E-state index contributed by atoms with van der Waals surface area (Å²) in [5.74, 6) is 5.69. The second-order valence-corrected chi connectivity index (χ2v) is 7.27. The van der Waals surface area contributed by atoms with Crippen LogP contribution in [0.3, 0.4) is 0 Å². The Morgan fingerprint density at radius 3 is 2.37 bits per heavy atom. The van der Waals surface area contributed by atoms with Gasteiger partial charge in [0, 0.05) is 22.1 Å². The smallest absolute Gasteiger partial charge is 0.407 e. The minimum atomic E-state index is -0.530. The molecule has 4 rings (SSSR count). The summed E-state index contributed by atoms with van der Waals surface area (Å²) in [5.41, 5.74) is 5.66. The van der Waals surface area contributed by atoms with E-state index in [9.17, 15) is 9.59 Å². The molecule has 0 aliphatic heterocycles. The van der Waals surface area contributed by atoms with Crippen LogP contribution in [-0.2, 0) is 4.74 Å². The molecule has 1 N–H and O–H groups in total. The third-order valence-corrected chi connectivity index (χ3v) is 5.26. The molecule has 5 heteroatoms. The van der Waals surface area contributed by atoms with Crippen LogP contribution in [0.1, 0.15) is 33.0 Å². The summed E-state index contributed by atoms with van der Waals surface area (Å²) in [5, 5.41) is 3.10. The second kappa shape index (κ2) is 8.86. The Morgan fingerprint density at radius 2 is 1.70 bits per heavy atom. The fraction of sp³-hybridized carbons (Fsp3) is 0.120. The predicted molar refractivity (Wildman–Crippen MR) is 117 cm³/mol. The number of carbonyl (C=O) groups excluding carboxylic acids is 2. The maximum atomic E-state index is 12.1. The normalized spacial score (nSPS) is 11.6. The highest BCUT2D eigenvalue weighted by Crippen LogP contribution is 2.44. The van der Waals surface area contributed by atoms with Crippen LogP contribution < -0.4 is 5.32 Å². The molecule has 148 valence electrons. The van der Waals surface area contributed by atoms with E-state index in [2.05, 4.69) is 41.4 Å². The molecular weight excluding hydrogens is 398 g/mol. The Balaban J connectivity index is 1.36. The van der Waals surface area contributed by atoms with E-state index in [0.29, 0.717) is 22.4 Å². The highest BCUT2D eigenvalue weighted by Gasteiger charge is 2.28. The van der Waals surface area contributed by atoms with E-state index in [1.165, 1.54) is 11.1 Å². The van der Waals surface area contributed by atoms with E-state index in [0.717, 1.165) is 11.1 Å². The van der Waals surface area contributed by atoms with Crippen LogP contribution in [0, 0.1) is 11.8 Å². The largest absolute Gasteiger partial charge is 0.449 e. The zero-order valence-corrected chi connectivity index (χ0v) is 16.8. The third-order valence-electron chi connectivity index (χ3n) is 5.03. The van der Waals surface area contributed by atoms with Gasteiger partial charge in [0.1, 0.15) is 6.61 Å². The van der Waals surface area contributed by atoms with Crippen molar-refractivity contribution in [2.45, 2.75) is 5.92 Å². The first kappa shape index (κ1) is 19.8. The number of halogens is 1. The van der Waals surface area contributed by atoms with Gasteiger partial charge in [-0.25, -0.2) is 4.79 Å². The van der Waals surface area contributed by atoms with Crippen molar-refractivity contribution in [3.05, 3.63) is 94.0 Å². The summed E-state index contributed by atoms with van der Waals surface area (Å²) >= 11 is 5.87. The number of aldehydes is 1. The summed E-state index contributed by atoms with van der Waals surface area (Å²) in [6.07, 6.45) is 0.173. The molecule has 0 heterocycles. The molecule has 0 aromatic heterocycles. The van der Waals surface area contributed by atoms with Gasteiger partial charge in [0.2, 0.25) is 0 Å². The quantitative estimate of drug-likeness (QED) is 0.479. The Bertz CT molecular complexity index is 1130. The molecule has 1 amide bonds. The number of carbonyl (C=O) groups is 2. The van der Waals surface area contributed by atoms with Crippen LogP contribution in [0.15, 0.2) is 66.7 Å². The fourth-order valence-corrected chi connectivity index (χ4v) is 3.83. The second-order valence-electron chi connectivity index (χ2n) is 6.83. The van der Waals surface area contributed by atoms with Crippen LogP contribution >= 0.6 is 11.6 Å². The predicted octanol–water partition coefficient (Wildman–Crippen LogP) is 5.04. The van der Waals surface area contributed by atoms with Crippen LogP contribution in [-0.4, -0.2) is 25.5 Å². The molecule has 0 atom stereocenters. The number of amides is 1. The van der Waals surface area contributed by atoms with Gasteiger partial charge in [-0.3, -0.25) is 4.79 Å². The zero-order chi connectivity index (χ0) is 20.9. The van der Waals surface area contributed by atoms with Gasteiger partial charge in [-0.2, -0.15) is 0 Å². The van der Waals surface area contributed by atoms with Gasteiger partial charge >= 0.3 is 6.09 Å². The van der Waals surface area contributed by atoms with Crippen molar-refractivity contribution in [2.24, 2.45) is 0 Å².